The molecule has 3 heterocycles. The number of benzene rings is 1. The number of halogens is 2. The lowest BCUT2D eigenvalue weighted by molar-refractivity contribution is -0.105. The number of methoxy groups -OCH3 is 1. The molecule has 1 aromatic carbocycles. The van der Waals surface area contributed by atoms with Crippen LogP contribution in [0.3, 0.4) is 0 Å². The molecule has 1 atom stereocenters. The van der Waals surface area contributed by atoms with Crippen molar-refractivity contribution < 1.29 is 13.9 Å². The molecule has 162 valence electrons. The molecule has 31 heavy (non-hydrogen) atoms. The van der Waals surface area contributed by atoms with Gasteiger partial charge in [-0.15, -0.1) is 0 Å². The summed E-state index contributed by atoms with van der Waals surface area (Å²) in [5.74, 6) is -0.277. The average Bonchev–Trinajstić information content (AvgIpc) is 3.47. The molecule has 0 unspecified atom stereocenters. The van der Waals surface area contributed by atoms with E-state index in [0.29, 0.717) is 46.7 Å². The third-order valence-corrected chi connectivity index (χ3v) is 5.39. The molecule has 1 aliphatic rings. The van der Waals surface area contributed by atoms with Crippen LogP contribution in [-0.2, 0) is 9.53 Å². The van der Waals surface area contributed by atoms with Crippen molar-refractivity contribution in [3.63, 3.8) is 0 Å². The first-order chi connectivity index (χ1) is 15.0. The number of hydrogen-bond acceptors (Lipinski definition) is 4. The molecule has 5 rings (SSSR count). The molecule has 1 aliphatic carbocycles. The smallest absolute Gasteiger partial charge is 0.212 e. The van der Waals surface area contributed by atoms with Gasteiger partial charge < -0.3 is 14.5 Å². The van der Waals surface area contributed by atoms with Gasteiger partial charge in [-0.1, -0.05) is 37.8 Å². The number of rotatable bonds is 6. The van der Waals surface area contributed by atoms with E-state index in [1.807, 2.05) is 6.92 Å². The van der Waals surface area contributed by atoms with Gasteiger partial charge in [-0.2, -0.15) is 5.10 Å². The summed E-state index contributed by atoms with van der Waals surface area (Å²) in [6.07, 6.45) is 10.1. The molecule has 0 saturated heterocycles. The maximum absolute atomic E-state index is 15.2. The molecule has 2 N–H and O–H groups in total. The number of H-pyrrole nitrogens is 1. The van der Waals surface area contributed by atoms with Crippen LogP contribution in [0.5, 0.6) is 0 Å². The lowest BCUT2D eigenvalue weighted by Crippen LogP contribution is -2.07. The standard InChI is InChI=1S/C19H17ClFN5O2.C3H6/c1-10(8-28-2)15-18(21)17(20)16(12-5-23-25-19(12)15)11-3-4-14-24-13(22-9-27)7-26(14)6-11;1-2-3-1/h3-7,9-10H,8H2,1-2H3,(H,22,27)(H,23,25);1-3H2/t10-;/m0./s1. The lowest BCUT2D eigenvalue weighted by atomic mass is 9.94. The van der Waals surface area contributed by atoms with Gasteiger partial charge >= 0.3 is 0 Å². The van der Waals surface area contributed by atoms with Crippen LogP contribution in [-0.4, -0.2) is 39.7 Å². The van der Waals surface area contributed by atoms with E-state index in [2.05, 4.69) is 20.5 Å². The van der Waals surface area contributed by atoms with Crippen LogP contribution in [0.4, 0.5) is 10.2 Å². The van der Waals surface area contributed by atoms with E-state index in [4.69, 9.17) is 16.3 Å². The van der Waals surface area contributed by atoms with Crippen LogP contribution >= 0.6 is 11.6 Å². The molecule has 0 aliphatic heterocycles. The van der Waals surface area contributed by atoms with E-state index in [1.54, 1.807) is 42.2 Å². The van der Waals surface area contributed by atoms with Crippen LogP contribution in [0.1, 0.15) is 37.7 Å². The van der Waals surface area contributed by atoms with Crippen LogP contribution in [0.2, 0.25) is 5.02 Å². The van der Waals surface area contributed by atoms with Gasteiger partial charge in [0.25, 0.3) is 0 Å². The van der Waals surface area contributed by atoms with Gasteiger partial charge in [0.1, 0.15) is 11.5 Å². The summed E-state index contributed by atoms with van der Waals surface area (Å²) >= 11 is 6.48. The van der Waals surface area contributed by atoms with Gasteiger partial charge in [0.15, 0.2) is 5.82 Å². The number of carbonyl (C=O) groups is 1. The van der Waals surface area contributed by atoms with Gasteiger partial charge in [0.2, 0.25) is 6.41 Å². The monoisotopic (exact) mass is 443 g/mol. The molecule has 4 aromatic rings. The molecule has 0 spiro atoms. The first-order valence-corrected chi connectivity index (χ1v) is 10.4. The first-order valence-electron chi connectivity index (χ1n) is 10.1. The summed E-state index contributed by atoms with van der Waals surface area (Å²) in [4.78, 5) is 14.9. The van der Waals surface area contributed by atoms with Gasteiger partial charge in [-0.25, -0.2) is 9.37 Å². The van der Waals surface area contributed by atoms with Crippen molar-refractivity contribution in [3.05, 3.63) is 47.1 Å². The predicted octanol–water partition coefficient (Wildman–Crippen LogP) is 5.16. The maximum Gasteiger partial charge on any atom is 0.212 e. The fourth-order valence-corrected chi connectivity index (χ4v) is 3.80. The highest BCUT2D eigenvalue weighted by molar-refractivity contribution is 6.35. The Hall–Kier alpha value is -2.97. The third-order valence-electron chi connectivity index (χ3n) is 5.04. The highest BCUT2D eigenvalue weighted by Gasteiger charge is 2.24. The van der Waals surface area contributed by atoms with E-state index < -0.39 is 5.82 Å². The van der Waals surface area contributed by atoms with Crippen LogP contribution in [0, 0.1) is 5.82 Å². The largest absolute Gasteiger partial charge is 0.384 e. The number of pyridine rings is 1. The van der Waals surface area contributed by atoms with Crippen molar-refractivity contribution in [2.45, 2.75) is 32.1 Å². The number of aromatic nitrogens is 4. The van der Waals surface area contributed by atoms with Gasteiger partial charge in [-0.3, -0.25) is 9.89 Å². The Morgan fingerprint density at radius 1 is 1.35 bits per heavy atom. The quantitative estimate of drug-likeness (QED) is 0.403. The minimum atomic E-state index is -0.494. The number of ether oxygens (including phenoxy) is 1. The summed E-state index contributed by atoms with van der Waals surface area (Å²) in [7, 11) is 1.57. The molecular formula is C22H23ClFN5O2. The number of nitrogens with zero attached hydrogens (tertiary/aromatic N) is 3. The maximum atomic E-state index is 15.2. The molecule has 3 aromatic heterocycles. The van der Waals surface area contributed by atoms with Crippen molar-refractivity contribution in [3.8, 4) is 11.1 Å². The number of anilines is 1. The second-order valence-corrected chi connectivity index (χ2v) is 7.94. The Labute approximate surface area is 183 Å². The average molecular weight is 444 g/mol. The zero-order valence-corrected chi connectivity index (χ0v) is 18.0. The second-order valence-electron chi connectivity index (χ2n) is 7.56. The van der Waals surface area contributed by atoms with Crippen molar-refractivity contribution in [2.24, 2.45) is 0 Å². The normalized spacial score (nSPS) is 13.7. The third kappa shape index (κ3) is 4.26. The Morgan fingerprint density at radius 2 is 2.13 bits per heavy atom. The van der Waals surface area contributed by atoms with Gasteiger partial charge in [0.05, 0.1) is 29.5 Å². The molecule has 1 amide bonds. The van der Waals surface area contributed by atoms with E-state index in [0.717, 1.165) is 5.39 Å². The fraction of sp³-hybridized carbons (Fsp3) is 0.318. The zero-order valence-electron chi connectivity index (χ0n) is 17.3. The minimum absolute atomic E-state index is 0.0255. The molecule has 0 radical (unpaired) electrons. The number of fused-ring (bicyclic) bond motifs is 2. The minimum Gasteiger partial charge on any atom is -0.384 e. The molecule has 0 bridgehead atoms. The summed E-state index contributed by atoms with van der Waals surface area (Å²) in [5, 5.41) is 10.2. The SMILES string of the molecule is C1CC1.COC[C@H](C)c1c(F)c(Cl)c(-c2ccc3nc(NC=O)cn3c2)c2cn[nH]c12. The number of amides is 1. The van der Waals surface area contributed by atoms with E-state index >= 15 is 4.39 Å². The lowest BCUT2D eigenvalue weighted by Gasteiger charge is -2.17. The topological polar surface area (TPSA) is 84.3 Å². The molecule has 7 nitrogen and oxygen atoms in total. The summed E-state index contributed by atoms with van der Waals surface area (Å²) in [5.41, 5.74) is 2.92. The van der Waals surface area contributed by atoms with Crippen LogP contribution in [0.25, 0.3) is 27.7 Å². The molecular weight excluding hydrogens is 421 g/mol. The summed E-state index contributed by atoms with van der Waals surface area (Å²) < 4.78 is 22.2. The fourth-order valence-electron chi connectivity index (χ4n) is 3.48. The first kappa shape index (κ1) is 21.3. The van der Waals surface area contributed by atoms with E-state index in [1.165, 1.54) is 19.3 Å². The van der Waals surface area contributed by atoms with Gasteiger partial charge in [-0.05, 0) is 12.1 Å². The predicted molar refractivity (Wildman–Crippen MR) is 119 cm³/mol. The van der Waals surface area contributed by atoms with Crippen molar-refractivity contribution in [1.29, 1.82) is 0 Å². The van der Waals surface area contributed by atoms with Gasteiger partial charge in [0, 0.05) is 41.3 Å². The van der Waals surface area contributed by atoms with Crippen LogP contribution < -0.4 is 5.32 Å². The Bertz CT molecular complexity index is 1230. The van der Waals surface area contributed by atoms with Crippen molar-refractivity contribution >= 4 is 40.4 Å². The van der Waals surface area contributed by atoms with E-state index in [-0.39, 0.29) is 10.9 Å². The van der Waals surface area contributed by atoms with E-state index in [9.17, 15) is 4.79 Å². The number of carbonyl (C=O) groups excluding carboxylic acids is 1. The Balaban J connectivity index is 0.000000710. The van der Waals surface area contributed by atoms with Crippen LogP contribution in [0.15, 0.2) is 30.7 Å². The number of nitrogens with one attached hydrogen (secondary N) is 2. The summed E-state index contributed by atoms with van der Waals surface area (Å²) in [6, 6.07) is 3.57. The zero-order chi connectivity index (χ0) is 22.0. The second kappa shape index (κ2) is 9.03. The molecule has 1 fully saturated rings. The molecule has 9 heteroatoms. The Morgan fingerprint density at radius 3 is 2.81 bits per heavy atom. The highest BCUT2D eigenvalue weighted by atomic mass is 35.5. The number of aromatic amines is 1. The Kier molecular flexibility index (Phi) is 6.20. The molecule has 1 saturated carbocycles. The number of imidazole rings is 1. The highest BCUT2D eigenvalue weighted by Crippen LogP contribution is 2.41. The van der Waals surface area contributed by atoms with Crippen molar-refractivity contribution in [1.82, 2.24) is 19.6 Å². The van der Waals surface area contributed by atoms with Crippen molar-refractivity contribution in [2.75, 3.05) is 19.0 Å². The summed E-state index contributed by atoms with van der Waals surface area (Å²) in [6.45, 7) is 2.23. The number of hydrogen-bond donors (Lipinski definition) is 2.